The lowest BCUT2D eigenvalue weighted by Gasteiger charge is -2.24. The highest BCUT2D eigenvalue weighted by molar-refractivity contribution is 5.95. The Morgan fingerprint density at radius 2 is 1.71 bits per heavy atom. The van der Waals surface area contributed by atoms with Crippen molar-refractivity contribution in [1.29, 1.82) is 0 Å². The number of ether oxygens (including phenoxy) is 1. The third kappa shape index (κ3) is 6.06. The van der Waals surface area contributed by atoms with E-state index in [9.17, 15) is 31.1 Å². The zero-order chi connectivity index (χ0) is 23.4. The van der Waals surface area contributed by atoms with Crippen LogP contribution in [0, 0.1) is 0 Å². The molecule has 0 N–H and O–H groups in total. The lowest BCUT2D eigenvalue weighted by Crippen LogP contribution is -2.27. The van der Waals surface area contributed by atoms with Gasteiger partial charge in [0, 0.05) is 24.5 Å². The third-order valence-electron chi connectivity index (χ3n) is 4.69. The molecule has 2 rings (SSSR count). The van der Waals surface area contributed by atoms with E-state index in [1.54, 1.807) is 12.2 Å². The third-order valence-corrected chi connectivity index (χ3v) is 4.69. The predicted octanol–water partition coefficient (Wildman–Crippen LogP) is 5.63. The molecule has 1 aromatic carbocycles. The van der Waals surface area contributed by atoms with Crippen molar-refractivity contribution in [3.63, 3.8) is 0 Å². The van der Waals surface area contributed by atoms with Gasteiger partial charge in [-0.05, 0) is 55.5 Å². The zero-order valence-corrected chi connectivity index (χ0v) is 16.8. The fourth-order valence-electron chi connectivity index (χ4n) is 2.96. The van der Waals surface area contributed by atoms with E-state index in [1.807, 2.05) is 0 Å². The molecule has 4 nitrogen and oxygen atoms in total. The van der Waals surface area contributed by atoms with E-state index in [0.717, 1.165) is 10.5 Å². The minimum atomic E-state index is -5.05. The highest BCUT2D eigenvalue weighted by Crippen LogP contribution is 2.37. The van der Waals surface area contributed by atoms with Gasteiger partial charge in [0.1, 0.15) is 0 Å². The molecule has 1 aliphatic heterocycles. The van der Waals surface area contributed by atoms with Gasteiger partial charge in [-0.25, -0.2) is 0 Å². The van der Waals surface area contributed by atoms with Crippen LogP contribution in [-0.2, 0) is 17.1 Å². The fraction of sp³-hybridized carbons (Fsp3) is 0.333. The number of carbonyl (C=O) groups excluding carboxylic acids is 1. The van der Waals surface area contributed by atoms with Crippen LogP contribution in [-0.4, -0.2) is 37.8 Å². The molecule has 0 aliphatic carbocycles. The van der Waals surface area contributed by atoms with Gasteiger partial charge in [0.05, 0.1) is 24.3 Å². The molecule has 0 fully saturated rings. The van der Waals surface area contributed by atoms with Gasteiger partial charge >= 0.3 is 12.4 Å². The number of nitrogens with zero attached hydrogens (tertiary/aromatic N) is 2. The summed E-state index contributed by atoms with van der Waals surface area (Å²) in [5.41, 5.74) is -2.15. The van der Waals surface area contributed by atoms with Gasteiger partial charge in [-0.15, -0.1) is 0 Å². The normalized spacial score (nSPS) is 16.1. The number of benzene rings is 1. The minimum Gasteiger partial charge on any atom is -0.377 e. The van der Waals surface area contributed by atoms with E-state index in [2.05, 4.69) is 11.7 Å². The topological polar surface area (TPSA) is 41.9 Å². The summed E-state index contributed by atoms with van der Waals surface area (Å²) in [5.74, 6) is -1.01. The average molecular weight is 446 g/mol. The van der Waals surface area contributed by atoms with Crippen molar-refractivity contribution in [3.05, 3.63) is 70.1 Å². The first-order chi connectivity index (χ1) is 14.4. The molecule has 0 saturated heterocycles. The van der Waals surface area contributed by atoms with Gasteiger partial charge in [0.2, 0.25) is 0 Å². The number of carbonyl (C=O) groups is 1. The number of aliphatic imine (C=N–C) groups is 1. The van der Waals surface area contributed by atoms with Gasteiger partial charge in [-0.3, -0.25) is 9.79 Å². The Balaban J connectivity index is 2.55. The van der Waals surface area contributed by atoms with Crippen LogP contribution in [0.5, 0.6) is 0 Å². The van der Waals surface area contributed by atoms with E-state index in [1.165, 1.54) is 20.2 Å². The maximum absolute atomic E-state index is 13.1. The summed E-state index contributed by atoms with van der Waals surface area (Å²) in [6.45, 7) is 5.63. The number of halogens is 6. The van der Waals surface area contributed by atoms with Crippen LogP contribution in [0.4, 0.5) is 26.3 Å². The van der Waals surface area contributed by atoms with Crippen LogP contribution in [0.3, 0.4) is 0 Å². The second-order valence-electron chi connectivity index (χ2n) is 6.71. The highest BCUT2D eigenvalue weighted by Gasteiger charge is 2.38. The molecule has 0 atom stereocenters. The molecule has 0 spiro atoms. The summed E-state index contributed by atoms with van der Waals surface area (Å²) in [6, 6.07) is 0.808. The maximum atomic E-state index is 13.1. The van der Waals surface area contributed by atoms with E-state index in [4.69, 9.17) is 4.74 Å². The van der Waals surface area contributed by atoms with Gasteiger partial charge in [0.25, 0.3) is 5.91 Å². The molecule has 0 unspecified atom stereocenters. The number of amides is 1. The average Bonchev–Trinajstić information content (AvgIpc) is 2.72. The second-order valence-corrected chi connectivity index (χ2v) is 6.71. The largest absolute Gasteiger partial charge is 0.416 e. The fourth-order valence-corrected chi connectivity index (χ4v) is 2.96. The molecule has 1 aromatic rings. The van der Waals surface area contributed by atoms with Gasteiger partial charge in [0.15, 0.2) is 0 Å². The van der Waals surface area contributed by atoms with Gasteiger partial charge in [-0.2, -0.15) is 26.3 Å². The number of hydrogen-bond acceptors (Lipinski definition) is 3. The van der Waals surface area contributed by atoms with Crippen LogP contribution < -0.4 is 0 Å². The number of hydrogen-bond donors (Lipinski definition) is 0. The quantitative estimate of drug-likeness (QED) is 0.334. The Bertz CT molecular complexity index is 910. The Hall–Kier alpha value is -2.88. The summed E-state index contributed by atoms with van der Waals surface area (Å²) in [7, 11) is 1.28. The SMILES string of the molecule is C=N/C=C\C(C1=CCOCC1)=C(/C)N(C)C(=O)c1cc(C(F)(F)F)cc(C(F)(F)F)c1. The zero-order valence-electron chi connectivity index (χ0n) is 16.8. The Labute approximate surface area is 175 Å². The summed E-state index contributed by atoms with van der Waals surface area (Å²) < 4.78 is 84.0. The Kier molecular flexibility index (Phi) is 7.48. The van der Waals surface area contributed by atoms with Crippen molar-refractivity contribution in [2.45, 2.75) is 25.7 Å². The van der Waals surface area contributed by atoms with E-state index in [-0.39, 0.29) is 6.07 Å². The van der Waals surface area contributed by atoms with Crippen molar-refractivity contribution >= 4 is 12.6 Å². The van der Waals surface area contributed by atoms with E-state index in [0.29, 0.717) is 43.0 Å². The van der Waals surface area contributed by atoms with Gasteiger partial charge < -0.3 is 9.64 Å². The van der Waals surface area contributed by atoms with Crippen LogP contribution in [0.2, 0.25) is 0 Å². The first kappa shape index (κ1) is 24.4. The first-order valence-electron chi connectivity index (χ1n) is 9.04. The summed E-state index contributed by atoms with van der Waals surface area (Å²) in [4.78, 5) is 17.5. The van der Waals surface area contributed by atoms with Crippen molar-refractivity contribution < 1.29 is 35.9 Å². The number of allylic oxidation sites excluding steroid dienone is 3. The standard InChI is InChI=1S/C21H20F6N2O2/c1-13(18(4-7-28-2)14-5-8-31-9-6-14)29(3)19(30)15-10-16(20(22,23)24)12-17(11-15)21(25,26)27/h4-5,7,10-12H,2,6,8-9H2,1,3H3/b7-4-,18-13-. The molecular weight excluding hydrogens is 426 g/mol. The van der Waals surface area contributed by atoms with Gasteiger partial charge in [-0.1, -0.05) is 6.08 Å². The van der Waals surface area contributed by atoms with E-state index >= 15 is 0 Å². The molecule has 168 valence electrons. The van der Waals surface area contributed by atoms with Crippen molar-refractivity contribution in [1.82, 2.24) is 4.90 Å². The molecule has 10 heteroatoms. The molecule has 31 heavy (non-hydrogen) atoms. The molecule has 1 amide bonds. The van der Waals surface area contributed by atoms with Crippen LogP contribution in [0.25, 0.3) is 0 Å². The molecule has 0 radical (unpaired) electrons. The first-order valence-corrected chi connectivity index (χ1v) is 9.04. The van der Waals surface area contributed by atoms with Crippen molar-refractivity contribution in [2.75, 3.05) is 20.3 Å². The van der Waals surface area contributed by atoms with Crippen molar-refractivity contribution in [3.8, 4) is 0 Å². The van der Waals surface area contributed by atoms with Crippen LogP contribution in [0.1, 0.15) is 34.8 Å². The number of rotatable bonds is 5. The Morgan fingerprint density at radius 3 is 2.16 bits per heavy atom. The second kappa shape index (κ2) is 9.51. The predicted molar refractivity (Wildman–Crippen MR) is 103 cm³/mol. The van der Waals surface area contributed by atoms with E-state index < -0.39 is 35.0 Å². The lowest BCUT2D eigenvalue weighted by molar-refractivity contribution is -0.143. The lowest BCUT2D eigenvalue weighted by atomic mass is 9.98. The molecule has 0 aromatic heterocycles. The number of alkyl halides is 6. The smallest absolute Gasteiger partial charge is 0.377 e. The maximum Gasteiger partial charge on any atom is 0.416 e. The Morgan fingerprint density at radius 1 is 1.13 bits per heavy atom. The molecular formula is C21H20F6N2O2. The summed E-state index contributed by atoms with van der Waals surface area (Å²) in [5, 5.41) is 0. The molecule has 1 heterocycles. The minimum absolute atomic E-state index is 0.0176. The van der Waals surface area contributed by atoms with Crippen LogP contribution >= 0.6 is 0 Å². The summed E-state index contributed by atoms with van der Waals surface area (Å²) >= 11 is 0. The molecule has 0 saturated carbocycles. The highest BCUT2D eigenvalue weighted by atomic mass is 19.4. The van der Waals surface area contributed by atoms with Crippen molar-refractivity contribution in [2.24, 2.45) is 4.99 Å². The molecule has 1 aliphatic rings. The monoisotopic (exact) mass is 446 g/mol. The summed E-state index contributed by atoms with van der Waals surface area (Å²) in [6.07, 6.45) is -4.86. The van der Waals surface area contributed by atoms with Crippen LogP contribution in [0.15, 0.2) is 58.4 Å². The molecule has 0 bridgehead atoms.